The molecule has 3 nitrogen and oxygen atoms in total. The Bertz CT molecular complexity index is 881. The zero-order valence-electron chi connectivity index (χ0n) is 10.8. The van der Waals surface area contributed by atoms with Gasteiger partial charge < -0.3 is 9.72 Å². The van der Waals surface area contributed by atoms with E-state index in [-0.39, 0.29) is 16.2 Å². The lowest BCUT2D eigenvalue weighted by molar-refractivity contribution is 0.387. The van der Waals surface area contributed by atoms with E-state index in [0.717, 1.165) is 12.1 Å². The van der Waals surface area contributed by atoms with Crippen molar-refractivity contribution in [2.45, 2.75) is 0 Å². The summed E-state index contributed by atoms with van der Waals surface area (Å²) in [5.41, 5.74) is 0.325. The van der Waals surface area contributed by atoms with Crippen molar-refractivity contribution >= 4 is 23.3 Å². The van der Waals surface area contributed by atoms with Gasteiger partial charge in [0.2, 0.25) is 0 Å². The molecule has 0 amide bonds. The van der Waals surface area contributed by atoms with E-state index < -0.39 is 17.5 Å². The molecule has 108 valence electrons. The number of imidazole rings is 1. The largest absolute Gasteiger partial charge is 0.494 e. The minimum atomic E-state index is -0.768. The summed E-state index contributed by atoms with van der Waals surface area (Å²) >= 11 is 5.09. The lowest BCUT2D eigenvalue weighted by Crippen LogP contribution is -2.01. The molecule has 0 fully saturated rings. The molecule has 0 saturated carbocycles. The summed E-state index contributed by atoms with van der Waals surface area (Å²) in [5.74, 6) is -2.17. The number of benzene rings is 2. The molecule has 3 aromatic rings. The third kappa shape index (κ3) is 2.09. The molecule has 0 saturated heterocycles. The Labute approximate surface area is 122 Å². The predicted octanol–water partition coefficient (Wildman–Crippen LogP) is 4.11. The van der Waals surface area contributed by atoms with Crippen LogP contribution in [0.1, 0.15) is 0 Å². The van der Waals surface area contributed by atoms with Gasteiger partial charge in [0.25, 0.3) is 0 Å². The molecule has 21 heavy (non-hydrogen) atoms. The Hall–Kier alpha value is -2.28. The lowest BCUT2D eigenvalue weighted by atomic mass is 10.2. The van der Waals surface area contributed by atoms with Crippen molar-refractivity contribution in [2.24, 2.45) is 0 Å². The first-order chi connectivity index (χ1) is 10.0. The van der Waals surface area contributed by atoms with Crippen LogP contribution >= 0.6 is 12.2 Å². The molecule has 1 N–H and O–H groups in total. The number of rotatable bonds is 2. The summed E-state index contributed by atoms with van der Waals surface area (Å²) in [4.78, 5) is 2.72. The summed E-state index contributed by atoms with van der Waals surface area (Å²) in [6.45, 7) is 0. The van der Waals surface area contributed by atoms with Gasteiger partial charge in [-0.05, 0) is 24.4 Å². The number of para-hydroxylation sites is 1. The van der Waals surface area contributed by atoms with Crippen LogP contribution in [0, 0.1) is 22.2 Å². The first-order valence-corrected chi connectivity index (χ1v) is 6.36. The van der Waals surface area contributed by atoms with Crippen LogP contribution in [0.25, 0.3) is 16.7 Å². The maximum atomic E-state index is 14.0. The maximum absolute atomic E-state index is 14.0. The number of nitrogens with zero attached hydrogens (tertiary/aromatic N) is 1. The molecule has 0 bridgehead atoms. The smallest absolute Gasteiger partial charge is 0.182 e. The normalized spacial score (nSPS) is 11.0. The van der Waals surface area contributed by atoms with Crippen molar-refractivity contribution in [2.75, 3.05) is 7.11 Å². The van der Waals surface area contributed by atoms with Gasteiger partial charge in [-0.15, -0.1) is 0 Å². The zero-order valence-corrected chi connectivity index (χ0v) is 11.6. The molecule has 7 heteroatoms. The minimum Gasteiger partial charge on any atom is -0.494 e. The van der Waals surface area contributed by atoms with Crippen LogP contribution in [-0.4, -0.2) is 16.7 Å². The SMILES string of the molecule is COc1cc2c(cc1F)[nH]c(=S)n2-c1c(F)cccc1F. The molecule has 0 radical (unpaired) electrons. The number of aromatic amines is 1. The van der Waals surface area contributed by atoms with Gasteiger partial charge >= 0.3 is 0 Å². The summed E-state index contributed by atoms with van der Waals surface area (Å²) < 4.78 is 47.7. The number of halogens is 3. The summed E-state index contributed by atoms with van der Waals surface area (Å²) in [7, 11) is 1.31. The van der Waals surface area contributed by atoms with Crippen molar-refractivity contribution in [1.82, 2.24) is 9.55 Å². The molecule has 0 aliphatic rings. The summed E-state index contributed by atoms with van der Waals surface area (Å²) in [5, 5.41) is 0. The molecule has 0 atom stereocenters. The Morgan fingerprint density at radius 3 is 2.38 bits per heavy atom. The van der Waals surface area contributed by atoms with Crippen LogP contribution in [-0.2, 0) is 0 Å². The van der Waals surface area contributed by atoms with Crippen molar-refractivity contribution in [3.8, 4) is 11.4 Å². The average Bonchev–Trinajstić information content (AvgIpc) is 2.73. The van der Waals surface area contributed by atoms with E-state index in [2.05, 4.69) is 4.98 Å². The van der Waals surface area contributed by atoms with E-state index in [1.54, 1.807) is 0 Å². The molecule has 3 rings (SSSR count). The monoisotopic (exact) mass is 310 g/mol. The molecule has 0 unspecified atom stereocenters. The first kappa shape index (κ1) is 13.7. The number of hydrogen-bond donors (Lipinski definition) is 1. The van der Waals surface area contributed by atoms with E-state index in [9.17, 15) is 13.2 Å². The van der Waals surface area contributed by atoms with Crippen molar-refractivity contribution in [3.63, 3.8) is 0 Å². The molecule has 1 aromatic heterocycles. The molecule has 0 aliphatic heterocycles. The predicted molar refractivity (Wildman–Crippen MR) is 74.9 cm³/mol. The van der Waals surface area contributed by atoms with Gasteiger partial charge in [-0.25, -0.2) is 13.2 Å². The Kier molecular flexibility index (Phi) is 3.21. The molecular formula is C14H9F3N2OS. The summed E-state index contributed by atoms with van der Waals surface area (Å²) in [6, 6.07) is 6.01. The standard InChI is InChI=1S/C14H9F3N2OS/c1-20-12-6-11-10(5-9(12)17)18-14(21)19(11)13-7(15)3-2-4-8(13)16/h2-6H,1H3,(H,18,21). The second-order valence-electron chi connectivity index (χ2n) is 4.34. The highest BCUT2D eigenvalue weighted by atomic mass is 32.1. The van der Waals surface area contributed by atoms with Gasteiger partial charge in [0, 0.05) is 12.1 Å². The van der Waals surface area contributed by atoms with Crippen LogP contribution in [0.2, 0.25) is 0 Å². The van der Waals surface area contributed by atoms with E-state index >= 15 is 0 Å². The van der Waals surface area contributed by atoms with Gasteiger partial charge in [-0.3, -0.25) is 4.57 Å². The number of fused-ring (bicyclic) bond motifs is 1. The Morgan fingerprint density at radius 2 is 1.76 bits per heavy atom. The number of ether oxygens (including phenoxy) is 1. The van der Waals surface area contributed by atoms with Gasteiger partial charge in [0.15, 0.2) is 16.3 Å². The third-order valence-corrected chi connectivity index (χ3v) is 3.40. The highest BCUT2D eigenvalue weighted by Crippen LogP contribution is 2.28. The average molecular weight is 310 g/mol. The van der Waals surface area contributed by atoms with Crippen molar-refractivity contribution in [3.05, 3.63) is 52.6 Å². The quantitative estimate of drug-likeness (QED) is 0.722. The number of H-pyrrole nitrogens is 1. The number of aromatic nitrogens is 2. The molecule has 1 heterocycles. The zero-order chi connectivity index (χ0) is 15.1. The highest BCUT2D eigenvalue weighted by molar-refractivity contribution is 7.71. The Morgan fingerprint density at radius 1 is 1.10 bits per heavy atom. The highest BCUT2D eigenvalue weighted by Gasteiger charge is 2.17. The molecule has 2 aromatic carbocycles. The van der Waals surface area contributed by atoms with Gasteiger partial charge in [-0.2, -0.15) is 0 Å². The molecule has 0 spiro atoms. The molecule has 0 aliphatic carbocycles. The summed E-state index contributed by atoms with van der Waals surface area (Å²) in [6.07, 6.45) is 0. The second kappa shape index (κ2) is 4.92. The fraction of sp³-hybridized carbons (Fsp3) is 0.0714. The van der Waals surface area contributed by atoms with Crippen LogP contribution in [0.15, 0.2) is 30.3 Å². The van der Waals surface area contributed by atoms with Gasteiger partial charge in [0.1, 0.15) is 17.3 Å². The Balaban J connectivity index is 2.43. The maximum Gasteiger partial charge on any atom is 0.182 e. The van der Waals surface area contributed by atoms with Crippen molar-refractivity contribution in [1.29, 1.82) is 0 Å². The third-order valence-electron chi connectivity index (χ3n) is 3.12. The van der Waals surface area contributed by atoms with Gasteiger partial charge in [-0.1, -0.05) is 6.07 Å². The van der Waals surface area contributed by atoms with Crippen LogP contribution in [0.5, 0.6) is 5.75 Å². The van der Waals surface area contributed by atoms with Crippen molar-refractivity contribution < 1.29 is 17.9 Å². The topological polar surface area (TPSA) is 29.9 Å². The van der Waals surface area contributed by atoms with Gasteiger partial charge in [0.05, 0.1) is 18.1 Å². The fourth-order valence-electron chi connectivity index (χ4n) is 2.19. The molecular weight excluding hydrogens is 301 g/mol. The first-order valence-electron chi connectivity index (χ1n) is 5.95. The second-order valence-corrected chi connectivity index (χ2v) is 4.73. The van der Waals surface area contributed by atoms with E-state index in [4.69, 9.17) is 17.0 Å². The fourth-order valence-corrected chi connectivity index (χ4v) is 2.49. The lowest BCUT2D eigenvalue weighted by Gasteiger charge is -2.08. The van der Waals surface area contributed by atoms with E-state index in [1.807, 2.05) is 0 Å². The number of hydrogen-bond acceptors (Lipinski definition) is 2. The van der Waals surface area contributed by atoms with Crippen LogP contribution < -0.4 is 4.74 Å². The van der Waals surface area contributed by atoms with E-state index in [1.165, 1.54) is 29.9 Å². The minimum absolute atomic E-state index is 0.0398. The number of methoxy groups -OCH3 is 1. The van der Waals surface area contributed by atoms with Crippen LogP contribution in [0.4, 0.5) is 13.2 Å². The number of nitrogens with one attached hydrogen (secondary N) is 1. The van der Waals surface area contributed by atoms with Crippen LogP contribution in [0.3, 0.4) is 0 Å². The van der Waals surface area contributed by atoms with E-state index in [0.29, 0.717) is 11.0 Å².